The fourth-order valence-electron chi connectivity index (χ4n) is 1.72. The van der Waals surface area contributed by atoms with E-state index in [2.05, 4.69) is 15.9 Å². The minimum absolute atomic E-state index is 0.215. The van der Waals surface area contributed by atoms with Gasteiger partial charge in [0.2, 0.25) is 0 Å². The summed E-state index contributed by atoms with van der Waals surface area (Å²) in [6.45, 7) is 0. The Kier molecular flexibility index (Phi) is 4.82. The molecule has 0 aromatic heterocycles. The van der Waals surface area contributed by atoms with Crippen molar-refractivity contribution in [1.29, 1.82) is 0 Å². The highest BCUT2D eigenvalue weighted by Crippen LogP contribution is 2.32. The predicted molar refractivity (Wildman–Crippen MR) is 78.2 cm³/mol. The SMILES string of the molecule is Fc1cc(C(Br)Cc2ccc(Cl)cc2)c(F)cc1Cl. The van der Waals surface area contributed by atoms with Gasteiger partial charge >= 0.3 is 0 Å². The van der Waals surface area contributed by atoms with Crippen LogP contribution in [0.4, 0.5) is 8.78 Å². The molecule has 0 spiro atoms. The minimum Gasteiger partial charge on any atom is -0.207 e. The van der Waals surface area contributed by atoms with Gasteiger partial charge in [0.05, 0.1) is 5.02 Å². The molecule has 0 aliphatic rings. The Morgan fingerprint density at radius 3 is 2.26 bits per heavy atom. The van der Waals surface area contributed by atoms with E-state index in [1.807, 2.05) is 12.1 Å². The van der Waals surface area contributed by atoms with Crippen LogP contribution in [0.3, 0.4) is 0 Å². The zero-order valence-corrected chi connectivity index (χ0v) is 12.7. The van der Waals surface area contributed by atoms with Crippen LogP contribution >= 0.6 is 39.1 Å². The summed E-state index contributed by atoms with van der Waals surface area (Å²) in [5.41, 5.74) is 1.22. The van der Waals surface area contributed by atoms with Crippen molar-refractivity contribution in [2.75, 3.05) is 0 Å². The summed E-state index contributed by atoms with van der Waals surface area (Å²) < 4.78 is 27.1. The van der Waals surface area contributed by atoms with Crippen LogP contribution in [0.25, 0.3) is 0 Å². The molecule has 0 saturated heterocycles. The van der Waals surface area contributed by atoms with E-state index in [1.165, 1.54) is 0 Å². The van der Waals surface area contributed by atoms with Crippen LogP contribution in [0.5, 0.6) is 0 Å². The number of benzene rings is 2. The molecule has 100 valence electrons. The molecule has 0 heterocycles. The van der Waals surface area contributed by atoms with E-state index in [0.29, 0.717) is 11.4 Å². The van der Waals surface area contributed by atoms with Gasteiger partial charge in [0.1, 0.15) is 11.6 Å². The summed E-state index contributed by atoms with van der Waals surface area (Å²) in [6, 6.07) is 9.32. The van der Waals surface area contributed by atoms with E-state index >= 15 is 0 Å². The zero-order chi connectivity index (χ0) is 14.0. The molecule has 0 fully saturated rings. The Bertz CT molecular complexity index is 585. The van der Waals surface area contributed by atoms with Crippen molar-refractivity contribution in [3.8, 4) is 0 Å². The lowest BCUT2D eigenvalue weighted by Gasteiger charge is -2.12. The quantitative estimate of drug-likeness (QED) is 0.465. The van der Waals surface area contributed by atoms with Crippen molar-refractivity contribution in [2.45, 2.75) is 11.2 Å². The molecule has 19 heavy (non-hydrogen) atoms. The van der Waals surface area contributed by atoms with Crippen LogP contribution in [0.15, 0.2) is 36.4 Å². The van der Waals surface area contributed by atoms with E-state index < -0.39 is 11.6 Å². The van der Waals surface area contributed by atoms with Gasteiger partial charge in [-0.2, -0.15) is 0 Å². The molecule has 2 rings (SSSR count). The average Bonchev–Trinajstić information content (AvgIpc) is 2.36. The van der Waals surface area contributed by atoms with Crippen molar-refractivity contribution in [3.05, 3.63) is 69.2 Å². The maximum Gasteiger partial charge on any atom is 0.142 e. The lowest BCUT2D eigenvalue weighted by Crippen LogP contribution is -2.00. The van der Waals surface area contributed by atoms with Crippen molar-refractivity contribution in [1.82, 2.24) is 0 Å². The van der Waals surface area contributed by atoms with Gasteiger partial charge in [-0.05, 0) is 36.2 Å². The smallest absolute Gasteiger partial charge is 0.142 e. The van der Waals surface area contributed by atoms with Crippen LogP contribution in [-0.2, 0) is 6.42 Å². The highest BCUT2D eigenvalue weighted by atomic mass is 79.9. The Morgan fingerprint density at radius 2 is 1.63 bits per heavy atom. The molecule has 0 nitrogen and oxygen atoms in total. The second-order valence-corrected chi connectivity index (χ2v) is 6.03. The molecular formula is C14H9BrCl2F2. The molecule has 1 unspecified atom stereocenters. The maximum absolute atomic E-state index is 13.7. The second kappa shape index (κ2) is 6.21. The fourth-order valence-corrected chi connectivity index (χ4v) is 2.72. The molecule has 5 heteroatoms. The van der Waals surface area contributed by atoms with Gasteiger partial charge in [0.25, 0.3) is 0 Å². The largest absolute Gasteiger partial charge is 0.207 e. The van der Waals surface area contributed by atoms with Gasteiger partial charge in [0, 0.05) is 15.4 Å². The Morgan fingerprint density at radius 1 is 1.00 bits per heavy atom. The number of hydrogen-bond donors (Lipinski definition) is 0. The molecule has 2 aromatic rings. The molecule has 0 N–H and O–H groups in total. The zero-order valence-electron chi connectivity index (χ0n) is 9.64. The van der Waals surface area contributed by atoms with Gasteiger partial charge in [-0.15, -0.1) is 0 Å². The van der Waals surface area contributed by atoms with Crippen molar-refractivity contribution < 1.29 is 8.78 Å². The van der Waals surface area contributed by atoms with Crippen LogP contribution in [0.2, 0.25) is 10.0 Å². The van der Waals surface area contributed by atoms with Crippen molar-refractivity contribution in [2.24, 2.45) is 0 Å². The van der Waals surface area contributed by atoms with Gasteiger partial charge < -0.3 is 0 Å². The first kappa shape index (κ1) is 14.8. The number of hydrogen-bond acceptors (Lipinski definition) is 0. The summed E-state index contributed by atoms with van der Waals surface area (Å²) in [6.07, 6.45) is 0.523. The first-order chi connectivity index (χ1) is 8.97. The van der Waals surface area contributed by atoms with Crippen LogP contribution < -0.4 is 0 Å². The van der Waals surface area contributed by atoms with Gasteiger partial charge in [-0.1, -0.05) is 51.3 Å². The summed E-state index contributed by atoms with van der Waals surface area (Å²) in [7, 11) is 0. The summed E-state index contributed by atoms with van der Waals surface area (Å²) >= 11 is 14.7. The first-order valence-electron chi connectivity index (χ1n) is 5.50. The van der Waals surface area contributed by atoms with Crippen LogP contribution in [0, 0.1) is 11.6 Å². The molecule has 0 aliphatic heterocycles. The van der Waals surface area contributed by atoms with E-state index in [9.17, 15) is 8.78 Å². The topological polar surface area (TPSA) is 0 Å². The van der Waals surface area contributed by atoms with E-state index in [1.54, 1.807) is 12.1 Å². The normalized spacial score (nSPS) is 12.5. The fraction of sp³-hybridized carbons (Fsp3) is 0.143. The van der Waals surface area contributed by atoms with Gasteiger partial charge in [-0.3, -0.25) is 0 Å². The van der Waals surface area contributed by atoms with Crippen LogP contribution in [0.1, 0.15) is 16.0 Å². The number of rotatable bonds is 3. The van der Waals surface area contributed by atoms with Crippen molar-refractivity contribution in [3.63, 3.8) is 0 Å². The van der Waals surface area contributed by atoms with E-state index in [4.69, 9.17) is 23.2 Å². The Balaban J connectivity index is 2.22. The van der Waals surface area contributed by atoms with Crippen molar-refractivity contribution >= 4 is 39.1 Å². The Labute approximate surface area is 128 Å². The predicted octanol–water partition coefficient (Wildman–Crippen LogP) is 5.95. The third-order valence-electron chi connectivity index (χ3n) is 2.71. The minimum atomic E-state index is -0.626. The lowest BCUT2D eigenvalue weighted by molar-refractivity contribution is 0.584. The molecular weight excluding hydrogens is 357 g/mol. The molecule has 0 saturated carbocycles. The average molecular weight is 366 g/mol. The summed E-state index contributed by atoms with van der Waals surface area (Å²) in [5.74, 6) is -1.15. The highest BCUT2D eigenvalue weighted by Gasteiger charge is 2.16. The van der Waals surface area contributed by atoms with Crippen LogP contribution in [-0.4, -0.2) is 0 Å². The summed E-state index contributed by atoms with van der Waals surface area (Å²) in [4.78, 5) is -0.333. The first-order valence-corrected chi connectivity index (χ1v) is 7.17. The Hall–Kier alpha value is -0.640. The second-order valence-electron chi connectivity index (χ2n) is 4.09. The molecule has 0 radical (unpaired) electrons. The maximum atomic E-state index is 13.7. The molecule has 0 amide bonds. The van der Waals surface area contributed by atoms with Gasteiger partial charge in [-0.25, -0.2) is 8.78 Å². The van der Waals surface area contributed by atoms with E-state index in [-0.39, 0.29) is 15.4 Å². The lowest BCUT2D eigenvalue weighted by atomic mass is 10.0. The molecule has 0 aliphatic carbocycles. The third-order valence-corrected chi connectivity index (χ3v) is 4.06. The summed E-state index contributed by atoms with van der Waals surface area (Å²) in [5, 5.41) is 0.422. The molecule has 2 aromatic carbocycles. The molecule has 1 atom stereocenters. The highest BCUT2D eigenvalue weighted by molar-refractivity contribution is 9.09. The number of alkyl halides is 1. The third kappa shape index (κ3) is 3.68. The van der Waals surface area contributed by atoms with E-state index in [0.717, 1.165) is 17.7 Å². The van der Waals surface area contributed by atoms with Gasteiger partial charge in [0.15, 0.2) is 0 Å². The standard InChI is InChI=1S/C14H9BrCl2F2/c15-11(5-8-1-3-9(16)4-2-8)10-6-14(19)12(17)7-13(10)18/h1-4,6-7,11H,5H2. The monoisotopic (exact) mass is 364 g/mol. The molecule has 0 bridgehead atoms. The number of halogens is 5.